The number of hydrogen-bond donors (Lipinski definition) is 3. The SMILES string of the molecule is CC(C)(C)OC(=O)NC(C(=O)O)C(O)c1cccs1. The second kappa shape index (κ2) is 6.03. The lowest BCUT2D eigenvalue weighted by atomic mass is 10.1. The second-order valence-corrected chi connectivity index (χ2v) is 5.90. The molecular weight excluding hydrogens is 270 g/mol. The lowest BCUT2D eigenvalue weighted by Crippen LogP contribution is -2.46. The largest absolute Gasteiger partial charge is 0.480 e. The molecule has 7 heteroatoms. The molecule has 0 spiro atoms. The number of aliphatic hydroxyl groups excluding tert-OH is 1. The lowest BCUT2D eigenvalue weighted by Gasteiger charge is -2.23. The fourth-order valence-corrected chi connectivity index (χ4v) is 2.08. The van der Waals surface area contributed by atoms with Gasteiger partial charge in [-0.05, 0) is 32.2 Å². The van der Waals surface area contributed by atoms with E-state index in [0.29, 0.717) is 4.88 Å². The normalized spacial score (nSPS) is 14.5. The van der Waals surface area contributed by atoms with Crippen molar-refractivity contribution in [2.24, 2.45) is 0 Å². The molecule has 1 rings (SSSR count). The molecule has 0 aliphatic carbocycles. The Labute approximate surface area is 115 Å². The van der Waals surface area contributed by atoms with Crippen LogP contribution in [0.4, 0.5) is 4.79 Å². The number of thiophene rings is 1. The summed E-state index contributed by atoms with van der Waals surface area (Å²) in [5.74, 6) is -1.33. The third-order valence-corrected chi connectivity index (χ3v) is 3.03. The molecule has 0 fully saturated rings. The van der Waals surface area contributed by atoms with Crippen molar-refractivity contribution in [3.63, 3.8) is 0 Å². The van der Waals surface area contributed by atoms with Gasteiger partial charge in [-0.1, -0.05) is 6.07 Å². The standard InChI is InChI=1S/C12H17NO5S/c1-12(2,3)18-11(17)13-8(10(15)16)9(14)7-5-4-6-19-7/h4-6,8-9,14H,1-3H3,(H,13,17)(H,15,16). The van der Waals surface area contributed by atoms with Gasteiger partial charge in [0.05, 0.1) is 0 Å². The molecular formula is C12H17NO5S. The van der Waals surface area contributed by atoms with Crippen LogP contribution in [-0.2, 0) is 9.53 Å². The predicted octanol–water partition coefficient (Wildman–Crippen LogP) is 1.76. The zero-order valence-electron chi connectivity index (χ0n) is 10.9. The predicted molar refractivity (Wildman–Crippen MR) is 70.1 cm³/mol. The number of carboxylic acids is 1. The van der Waals surface area contributed by atoms with Gasteiger partial charge in [0, 0.05) is 4.88 Å². The minimum Gasteiger partial charge on any atom is -0.480 e. The van der Waals surface area contributed by atoms with Crippen LogP contribution < -0.4 is 5.32 Å². The number of hydrogen-bond acceptors (Lipinski definition) is 5. The molecule has 0 aliphatic heterocycles. The molecule has 0 saturated carbocycles. The number of carboxylic acid groups (broad SMARTS) is 1. The Bertz CT molecular complexity index is 437. The van der Waals surface area contributed by atoms with Crippen LogP contribution in [-0.4, -0.2) is 33.9 Å². The van der Waals surface area contributed by atoms with Gasteiger partial charge in [-0.2, -0.15) is 0 Å². The molecule has 0 aromatic carbocycles. The van der Waals surface area contributed by atoms with Crippen molar-refractivity contribution < 1.29 is 24.5 Å². The van der Waals surface area contributed by atoms with Gasteiger partial charge in [0.25, 0.3) is 0 Å². The van der Waals surface area contributed by atoms with E-state index in [0.717, 1.165) is 0 Å². The highest BCUT2D eigenvalue weighted by Gasteiger charge is 2.31. The van der Waals surface area contributed by atoms with Crippen LogP contribution in [0.2, 0.25) is 0 Å². The average Bonchev–Trinajstić information content (AvgIpc) is 2.75. The molecule has 1 amide bonds. The summed E-state index contributed by atoms with van der Waals surface area (Å²) in [7, 11) is 0. The van der Waals surface area contributed by atoms with Crippen molar-refractivity contribution in [1.82, 2.24) is 5.32 Å². The van der Waals surface area contributed by atoms with Gasteiger partial charge in [0.1, 0.15) is 11.7 Å². The van der Waals surface area contributed by atoms with Crippen LogP contribution in [0.15, 0.2) is 17.5 Å². The molecule has 3 N–H and O–H groups in total. The van der Waals surface area contributed by atoms with Crippen molar-refractivity contribution in [1.29, 1.82) is 0 Å². The molecule has 0 aliphatic rings. The number of aliphatic hydroxyl groups is 1. The van der Waals surface area contributed by atoms with Crippen LogP contribution in [0.1, 0.15) is 31.8 Å². The van der Waals surface area contributed by atoms with E-state index in [2.05, 4.69) is 5.32 Å². The number of rotatable bonds is 4. The third kappa shape index (κ3) is 4.88. The van der Waals surface area contributed by atoms with Crippen molar-refractivity contribution in [2.45, 2.75) is 38.5 Å². The third-order valence-electron chi connectivity index (χ3n) is 2.09. The Kier molecular flexibility index (Phi) is 4.90. The summed E-state index contributed by atoms with van der Waals surface area (Å²) in [6.07, 6.45) is -2.19. The highest BCUT2D eigenvalue weighted by atomic mass is 32.1. The molecule has 6 nitrogen and oxygen atoms in total. The van der Waals surface area contributed by atoms with E-state index in [-0.39, 0.29) is 0 Å². The number of amides is 1. The van der Waals surface area contributed by atoms with Gasteiger partial charge in [0.15, 0.2) is 6.04 Å². The summed E-state index contributed by atoms with van der Waals surface area (Å²) >= 11 is 1.21. The Hall–Kier alpha value is -1.60. The molecule has 1 heterocycles. The Morgan fingerprint density at radius 2 is 2.05 bits per heavy atom. The second-order valence-electron chi connectivity index (χ2n) is 4.92. The minimum absolute atomic E-state index is 0.462. The zero-order valence-corrected chi connectivity index (χ0v) is 11.7. The van der Waals surface area contributed by atoms with Crippen LogP contribution in [0.5, 0.6) is 0 Å². The van der Waals surface area contributed by atoms with Gasteiger partial charge < -0.3 is 20.3 Å². The maximum absolute atomic E-state index is 11.5. The van der Waals surface area contributed by atoms with Gasteiger partial charge >= 0.3 is 12.1 Å². The average molecular weight is 287 g/mol. The molecule has 1 aromatic heterocycles. The zero-order chi connectivity index (χ0) is 14.6. The van der Waals surface area contributed by atoms with Crippen molar-refractivity contribution in [3.05, 3.63) is 22.4 Å². The molecule has 0 radical (unpaired) electrons. The number of carbonyl (C=O) groups is 2. The maximum atomic E-state index is 11.5. The van der Waals surface area contributed by atoms with Crippen LogP contribution in [0, 0.1) is 0 Å². The van der Waals surface area contributed by atoms with E-state index in [1.54, 1.807) is 38.3 Å². The smallest absolute Gasteiger partial charge is 0.408 e. The summed E-state index contributed by atoms with van der Waals surface area (Å²) in [4.78, 5) is 23.1. The van der Waals surface area contributed by atoms with Gasteiger partial charge in [-0.15, -0.1) is 11.3 Å². The fraction of sp³-hybridized carbons (Fsp3) is 0.500. The lowest BCUT2D eigenvalue weighted by molar-refractivity contribution is -0.142. The molecule has 0 saturated heterocycles. The van der Waals surface area contributed by atoms with Gasteiger partial charge in [0.2, 0.25) is 0 Å². The van der Waals surface area contributed by atoms with Crippen molar-refractivity contribution >= 4 is 23.4 Å². The van der Waals surface area contributed by atoms with Crippen LogP contribution in [0.3, 0.4) is 0 Å². The Morgan fingerprint density at radius 1 is 1.42 bits per heavy atom. The first kappa shape index (κ1) is 15.5. The molecule has 1 aromatic rings. The summed E-state index contributed by atoms with van der Waals surface area (Å²) < 4.78 is 4.96. The van der Waals surface area contributed by atoms with Crippen molar-refractivity contribution in [2.75, 3.05) is 0 Å². The monoisotopic (exact) mass is 287 g/mol. The number of aliphatic carboxylic acids is 1. The summed E-state index contributed by atoms with van der Waals surface area (Å²) in [5, 5.41) is 22.9. The van der Waals surface area contributed by atoms with Crippen LogP contribution >= 0.6 is 11.3 Å². The first-order chi connectivity index (χ1) is 8.70. The topological polar surface area (TPSA) is 95.9 Å². The van der Waals surface area contributed by atoms with Crippen LogP contribution in [0.25, 0.3) is 0 Å². The van der Waals surface area contributed by atoms with Gasteiger partial charge in [-0.25, -0.2) is 9.59 Å². The van der Waals surface area contributed by atoms with E-state index in [1.807, 2.05) is 0 Å². The fourth-order valence-electron chi connectivity index (χ4n) is 1.33. The number of alkyl carbamates (subject to hydrolysis) is 1. The van der Waals surface area contributed by atoms with Crippen molar-refractivity contribution in [3.8, 4) is 0 Å². The molecule has 19 heavy (non-hydrogen) atoms. The minimum atomic E-state index is -1.45. The quantitative estimate of drug-likeness (QED) is 0.784. The Morgan fingerprint density at radius 3 is 2.47 bits per heavy atom. The Balaban J connectivity index is 2.74. The summed E-state index contributed by atoms with van der Waals surface area (Å²) in [6, 6.07) is 1.84. The van der Waals surface area contributed by atoms with E-state index in [1.165, 1.54) is 11.3 Å². The van der Waals surface area contributed by atoms with E-state index >= 15 is 0 Å². The first-order valence-corrected chi connectivity index (χ1v) is 6.52. The first-order valence-electron chi connectivity index (χ1n) is 5.64. The molecule has 0 bridgehead atoms. The number of carbonyl (C=O) groups excluding carboxylic acids is 1. The molecule has 2 atom stereocenters. The van der Waals surface area contributed by atoms with Gasteiger partial charge in [-0.3, -0.25) is 0 Å². The highest BCUT2D eigenvalue weighted by molar-refractivity contribution is 7.10. The summed E-state index contributed by atoms with van der Waals surface area (Å²) in [6.45, 7) is 4.99. The molecule has 2 unspecified atom stereocenters. The maximum Gasteiger partial charge on any atom is 0.408 e. The van der Waals surface area contributed by atoms with E-state index in [9.17, 15) is 14.7 Å². The number of nitrogens with one attached hydrogen (secondary N) is 1. The molecule has 106 valence electrons. The van der Waals surface area contributed by atoms with E-state index in [4.69, 9.17) is 9.84 Å². The summed E-state index contributed by atoms with van der Waals surface area (Å²) in [5.41, 5.74) is -0.735. The highest BCUT2D eigenvalue weighted by Crippen LogP contribution is 2.22. The van der Waals surface area contributed by atoms with E-state index < -0.39 is 29.8 Å². The number of ether oxygens (including phenoxy) is 1.